The van der Waals surface area contributed by atoms with E-state index in [1.807, 2.05) is 0 Å². The summed E-state index contributed by atoms with van der Waals surface area (Å²) in [6.45, 7) is 3.66. The van der Waals surface area contributed by atoms with Crippen LogP contribution in [0.3, 0.4) is 0 Å². The molecule has 1 heterocycles. The van der Waals surface area contributed by atoms with E-state index in [0.29, 0.717) is 0 Å². The molecule has 82 valence electrons. The molecule has 0 aromatic heterocycles. The highest BCUT2D eigenvalue weighted by atomic mass is 15.0. The Kier molecular flexibility index (Phi) is 4.26. The fraction of sp³-hybridized carbons (Fsp3) is 1.00. The summed E-state index contributed by atoms with van der Waals surface area (Å²) in [6, 6.07) is 0.747. The molecule has 1 aliphatic heterocycles. The van der Waals surface area contributed by atoms with Crippen LogP contribution in [0, 0.1) is 5.92 Å². The Morgan fingerprint density at radius 1 is 1.07 bits per heavy atom. The van der Waals surface area contributed by atoms with Gasteiger partial charge in [-0.25, -0.2) is 0 Å². The van der Waals surface area contributed by atoms with Crippen LogP contribution in [0.1, 0.15) is 44.9 Å². The molecule has 1 saturated carbocycles. The standard InChI is InChI=1S/C12H24N2/c1-2-4-12(14-8-3-1)10-13-9-7-11-5-6-11/h11-14H,1-10H2. The van der Waals surface area contributed by atoms with Crippen molar-refractivity contribution in [2.45, 2.75) is 51.0 Å². The highest BCUT2D eigenvalue weighted by molar-refractivity contribution is 4.76. The van der Waals surface area contributed by atoms with Crippen molar-refractivity contribution in [1.29, 1.82) is 0 Å². The van der Waals surface area contributed by atoms with Crippen LogP contribution in [0.25, 0.3) is 0 Å². The molecule has 2 N–H and O–H groups in total. The molecule has 1 unspecified atom stereocenters. The number of nitrogens with one attached hydrogen (secondary N) is 2. The van der Waals surface area contributed by atoms with E-state index in [-0.39, 0.29) is 0 Å². The average Bonchev–Trinajstić information content (AvgIpc) is 3.01. The third-order valence-corrected chi connectivity index (χ3v) is 3.48. The molecule has 0 amide bonds. The number of rotatable bonds is 5. The SMILES string of the molecule is C1CCNC(CNCCC2CC2)CC1. The van der Waals surface area contributed by atoms with Gasteiger partial charge in [0.25, 0.3) is 0 Å². The number of hydrogen-bond acceptors (Lipinski definition) is 2. The van der Waals surface area contributed by atoms with Gasteiger partial charge in [0, 0.05) is 12.6 Å². The van der Waals surface area contributed by atoms with E-state index in [9.17, 15) is 0 Å². The predicted octanol–water partition coefficient (Wildman–Crippen LogP) is 1.91. The Bertz CT molecular complexity index is 146. The lowest BCUT2D eigenvalue weighted by molar-refractivity contribution is 0.464. The van der Waals surface area contributed by atoms with Crippen LogP contribution in [0.5, 0.6) is 0 Å². The van der Waals surface area contributed by atoms with Crippen LogP contribution in [-0.4, -0.2) is 25.7 Å². The Morgan fingerprint density at radius 3 is 2.86 bits per heavy atom. The molecule has 2 heteroatoms. The summed E-state index contributed by atoms with van der Waals surface area (Å²) in [4.78, 5) is 0. The lowest BCUT2D eigenvalue weighted by atomic mass is 10.1. The minimum absolute atomic E-state index is 0.747. The van der Waals surface area contributed by atoms with E-state index in [1.165, 1.54) is 64.6 Å². The fourth-order valence-electron chi connectivity index (χ4n) is 2.26. The highest BCUT2D eigenvalue weighted by Gasteiger charge is 2.20. The summed E-state index contributed by atoms with van der Waals surface area (Å²) in [5.41, 5.74) is 0. The quantitative estimate of drug-likeness (QED) is 0.656. The molecule has 1 aliphatic carbocycles. The van der Waals surface area contributed by atoms with Crippen LogP contribution in [0.2, 0.25) is 0 Å². The van der Waals surface area contributed by atoms with E-state index in [4.69, 9.17) is 0 Å². The molecule has 1 atom stereocenters. The second kappa shape index (κ2) is 5.72. The van der Waals surface area contributed by atoms with Crippen molar-refractivity contribution in [3.8, 4) is 0 Å². The molecule has 14 heavy (non-hydrogen) atoms. The van der Waals surface area contributed by atoms with Gasteiger partial charge in [0.05, 0.1) is 0 Å². The Hall–Kier alpha value is -0.0800. The molecular weight excluding hydrogens is 172 g/mol. The molecule has 1 saturated heterocycles. The molecule has 0 radical (unpaired) electrons. The summed E-state index contributed by atoms with van der Waals surface area (Å²) in [6.07, 6.45) is 9.97. The third-order valence-electron chi connectivity index (χ3n) is 3.48. The molecule has 2 rings (SSSR count). The smallest absolute Gasteiger partial charge is 0.0192 e. The average molecular weight is 196 g/mol. The molecule has 0 aromatic carbocycles. The van der Waals surface area contributed by atoms with Crippen molar-refractivity contribution in [2.24, 2.45) is 5.92 Å². The first-order valence-electron chi connectivity index (χ1n) is 6.39. The molecule has 0 aromatic rings. The van der Waals surface area contributed by atoms with Gasteiger partial charge in [0.1, 0.15) is 0 Å². The van der Waals surface area contributed by atoms with Crippen LogP contribution >= 0.6 is 0 Å². The largest absolute Gasteiger partial charge is 0.315 e. The molecule has 2 aliphatic rings. The Morgan fingerprint density at radius 2 is 2.00 bits per heavy atom. The summed E-state index contributed by atoms with van der Waals surface area (Å²) >= 11 is 0. The zero-order valence-electron chi connectivity index (χ0n) is 9.23. The van der Waals surface area contributed by atoms with Crippen molar-refractivity contribution in [3.05, 3.63) is 0 Å². The Balaban J connectivity index is 1.49. The van der Waals surface area contributed by atoms with E-state index in [0.717, 1.165) is 12.0 Å². The zero-order valence-corrected chi connectivity index (χ0v) is 9.23. The van der Waals surface area contributed by atoms with Crippen molar-refractivity contribution in [2.75, 3.05) is 19.6 Å². The topological polar surface area (TPSA) is 24.1 Å². The zero-order chi connectivity index (χ0) is 9.64. The minimum Gasteiger partial charge on any atom is -0.315 e. The Labute approximate surface area is 87.8 Å². The van der Waals surface area contributed by atoms with Gasteiger partial charge in [-0.15, -0.1) is 0 Å². The van der Waals surface area contributed by atoms with Crippen molar-refractivity contribution in [3.63, 3.8) is 0 Å². The number of hydrogen-bond donors (Lipinski definition) is 2. The summed E-state index contributed by atoms with van der Waals surface area (Å²) in [7, 11) is 0. The molecule has 0 bridgehead atoms. The van der Waals surface area contributed by atoms with Gasteiger partial charge in [-0.1, -0.05) is 25.7 Å². The normalized spacial score (nSPS) is 28.7. The van der Waals surface area contributed by atoms with Crippen molar-refractivity contribution < 1.29 is 0 Å². The van der Waals surface area contributed by atoms with Gasteiger partial charge in [-0.05, 0) is 38.3 Å². The summed E-state index contributed by atoms with van der Waals surface area (Å²) in [5, 5.41) is 7.21. The van der Waals surface area contributed by atoms with Gasteiger partial charge >= 0.3 is 0 Å². The van der Waals surface area contributed by atoms with Crippen LogP contribution in [0.4, 0.5) is 0 Å². The molecule has 2 fully saturated rings. The first kappa shape index (κ1) is 10.4. The maximum absolute atomic E-state index is 3.62. The summed E-state index contributed by atoms with van der Waals surface area (Å²) in [5.74, 6) is 1.07. The predicted molar refractivity (Wildman–Crippen MR) is 60.5 cm³/mol. The van der Waals surface area contributed by atoms with Crippen molar-refractivity contribution >= 4 is 0 Å². The maximum atomic E-state index is 3.62. The lowest BCUT2D eigenvalue weighted by Crippen LogP contribution is -2.38. The van der Waals surface area contributed by atoms with E-state index in [2.05, 4.69) is 10.6 Å². The van der Waals surface area contributed by atoms with Crippen molar-refractivity contribution in [1.82, 2.24) is 10.6 Å². The lowest BCUT2D eigenvalue weighted by Gasteiger charge is -2.16. The monoisotopic (exact) mass is 196 g/mol. The van der Waals surface area contributed by atoms with Crippen LogP contribution in [-0.2, 0) is 0 Å². The molecular formula is C12H24N2. The maximum Gasteiger partial charge on any atom is 0.0192 e. The van der Waals surface area contributed by atoms with E-state index < -0.39 is 0 Å². The van der Waals surface area contributed by atoms with Crippen LogP contribution in [0.15, 0.2) is 0 Å². The van der Waals surface area contributed by atoms with E-state index in [1.54, 1.807) is 0 Å². The second-order valence-corrected chi connectivity index (χ2v) is 4.94. The second-order valence-electron chi connectivity index (χ2n) is 4.94. The van der Waals surface area contributed by atoms with Crippen LogP contribution < -0.4 is 10.6 Å². The first-order valence-corrected chi connectivity index (χ1v) is 6.39. The fourth-order valence-corrected chi connectivity index (χ4v) is 2.26. The first-order chi connectivity index (χ1) is 6.95. The molecule has 0 spiro atoms. The van der Waals surface area contributed by atoms with Gasteiger partial charge in [0.2, 0.25) is 0 Å². The van der Waals surface area contributed by atoms with Gasteiger partial charge in [-0.3, -0.25) is 0 Å². The van der Waals surface area contributed by atoms with Gasteiger partial charge in [-0.2, -0.15) is 0 Å². The summed E-state index contributed by atoms with van der Waals surface area (Å²) < 4.78 is 0. The third kappa shape index (κ3) is 3.97. The minimum atomic E-state index is 0.747. The molecule has 2 nitrogen and oxygen atoms in total. The van der Waals surface area contributed by atoms with Gasteiger partial charge < -0.3 is 10.6 Å². The van der Waals surface area contributed by atoms with E-state index >= 15 is 0 Å². The van der Waals surface area contributed by atoms with Gasteiger partial charge in [0.15, 0.2) is 0 Å². The highest BCUT2D eigenvalue weighted by Crippen LogP contribution is 2.31.